The van der Waals surface area contributed by atoms with Crippen molar-refractivity contribution >= 4 is 17.3 Å². The van der Waals surface area contributed by atoms with Gasteiger partial charge in [0.15, 0.2) is 5.96 Å². The normalized spacial score (nSPS) is 15.3. The number of hydrogen-bond donors (Lipinski definition) is 2. The number of anilines is 1. The summed E-state index contributed by atoms with van der Waals surface area (Å²) in [6.45, 7) is 3.26. The Morgan fingerprint density at radius 2 is 2.06 bits per heavy atom. The van der Waals surface area contributed by atoms with Gasteiger partial charge in [0.05, 0.1) is 20.3 Å². The molecule has 0 unspecified atom stereocenters. The molecule has 1 aromatic carbocycles. The smallest absolute Gasteiger partial charge is 0.191 e. The van der Waals surface area contributed by atoms with Gasteiger partial charge in [-0.15, -0.1) is 0 Å². The molecule has 2 rings (SSSR count). The number of hydrogen-bond acceptors (Lipinski definition) is 4. The first kappa shape index (κ1) is 12.5. The van der Waals surface area contributed by atoms with Crippen LogP contribution < -0.4 is 21.1 Å². The molecule has 4 N–H and O–H groups in total. The summed E-state index contributed by atoms with van der Waals surface area (Å²) in [4.78, 5) is 6.26. The minimum atomic E-state index is 0.0208. The molecule has 0 aromatic heterocycles. The average Bonchev–Trinajstić information content (AvgIpc) is 2.39. The van der Waals surface area contributed by atoms with Gasteiger partial charge in [0.2, 0.25) is 0 Å². The van der Waals surface area contributed by atoms with Gasteiger partial charge in [-0.25, -0.2) is 4.99 Å². The zero-order valence-electron chi connectivity index (χ0n) is 10.4. The summed E-state index contributed by atoms with van der Waals surface area (Å²) < 4.78 is 10.6. The standard InChI is InChI=1S/C12H18N4O2/c1-17-11-8-9(16-4-6-18-7-5-16)2-3-10(11)15-12(13)14/h2-3,8H,4-7H2,1H3,(H4,13,14,15). The first-order valence-corrected chi connectivity index (χ1v) is 5.81. The second kappa shape index (κ2) is 5.59. The summed E-state index contributed by atoms with van der Waals surface area (Å²) in [5, 5.41) is 0. The Morgan fingerprint density at radius 3 is 2.67 bits per heavy atom. The van der Waals surface area contributed by atoms with E-state index >= 15 is 0 Å². The Hall–Kier alpha value is -1.95. The third-order valence-electron chi connectivity index (χ3n) is 2.79. The molecule has 0 bridgehead atoms. The van der Waals surface area contributed by atoms with Crippen LogP contribution in [0.2, 0.25) is 0 Å². The highest BCUT2D eigenvalue weighted by Gasteiger charge is 2.13. The Bertz CT molecular complexity index is 438. The fraction of sp³-hybridized carbons (Fsp3) is 0.417. The third-order valence-corrected chi connectivity index (χ3v) is 2.79. The SMILES string of the molecule is COc1cc(N2CCOCC2)ccc1N=C(N)N. The number of ether oxygens (including phenoxy) is 2. The number of rotatable bonds is 3. The second-order valence-corrected chi connectivity index (χ2v) is 3.99. The highest BCUT2D eigenvalue weighted by atomic mass is 16.5. The van der Waals surface area contributed by atoms with Crippen LogP contribution in [-0.2, 0) is 4.74 Å². The van der Waals surface area contributed by atoms with Crippen LogP contribution in [0.1, 0.15) is 0 Å². The van der Waals surface area contributed by atoms with Gasteiger partial charge in [0.25, 0.3) is 0 Å². The van der Waals surface area contributed by atoms with E-state index in [9.17, 15) is 0 Å². The van der Waals surface area contributed by atoms with Crippen molar-refractivity contribution in [3.05, 3.63) is 18.2 Å². The Kier molecular flexibility index (Phi) is 3.88. The van der Waals surface area contributed by atoms with Crippen LogP contribution in [0.15, 0.2) is 23.2 Å². The van der Waals surface area contributed by atoms with Crippen LogP contribution in [0.4, 0.5) is 11.4 Å². The van der Waals surface area contributed by atoms with Crippen LogP contribution in [0.3, 0.4) is 0 Å². The lowest BCUT2D eigenvalue weighted by molar-refractivity contribution is 0.122. The van der Waals surface area contributed by atoms with Crippen LogP contribution in [0.25, 0.3) is 0 Å². The van der Waals surface area contributed by atoms with Crippen LogP contribution >= 0.6 is 0 Å². The second-order valence-electron chi connectivity index (χ2n) is 3.99. The molecule has 6 heteroatoms. The fourth-order valence-corrected chi connectivity index (χ4v) is 1.92. The summed E-state index contributed by atoms with van der Waals surface area (Å²) in [6, 6.07) is 5.77. The van der Waals surface area contributed by atoms with Gasteiger partial charge in [0, 0.05) is 24.8 Å². The Labute approximate surface area is 106 Å². The largest absolute Gasteiger partial charge is 0.494 e. The van der Waals surface area contributed by atoms with E-state index in [-0.39, 0.29) is 5.96 Å². The van der Waals surface area contributed by atoms with Crippen LogP contribution in [0, 0.1) is 0 Å². The van der Waals surface area contributed by atoms with Gasteiger partial charge in [-0.1, -0.05) is 0 Å². The van der Waals surface area contributed by atoms with Crippen molar-refractivity contribution in [2.45, 2.75) is 0 Å². The van der Waals surface area contributed by atoms with Gasteiger partial charge in [-0.2, -0.15) is 0 Å². The van der Waals surface area contributed by atoms with Crippen molar-refractivity contribution in [3.8, 4) is 5.75 Å². The van der Waals surface area contributed by atoms with Crippen molar-refractivity contribution in [2.24, 2.45) is 16.5 Å². The molecule has 1 aliphatic heterocycles. The maximum atomic E-state index is 5.37. The third kappa shape index (κ3) is 2.84. The summed E-state index contributed by atoms with van der Waals surface area (Å²) in [6.07, 6.45) is 0. The summed E-state index contributed by atoms with van der Waals surface area (Å²) >= 11 is 0. The minimum absolute atomic E-state index is 0.0208. The van der Waals surface area contributed by atoms with Crippen molar-refractivity contribution < 1.29 is 9.47 Å². The van der Waals surface area contributed by atoms with Crippen molar-refractivity contribution in [3.63, 3.8) is 0 Å². The molecule has 0 aliphatic carbocycles. The lowest BCUT2D eigenvalue weighted by atomic mass is 10.2. The predicted octanol–water partition coefficient (Wildman–Crippen LogP) is 0.437. The van der Waals surface area contributed by atoms with E-state index < -0.39 is 0 Å². The van der Waals surface area contributed by atoms with Crippen LogP contribution in [-0.4, -0.2) is 39.4 Å². The first-order chi connectivity index (χ1) is 8.70. The lowest BCUT2D eigenvalue weighted by Crippen LogP contribution is -2.36. The van der Waals surface area contributed by atoms with Crippen molar-refractivity contribution in [1.29, 1.82) is 0 Å². The highest BCUT2D eigenvalue weighted by molar-refractivity contribution is 5.80. The molecule has 0 amide bonds. The topological polar surface area (TPSA) is 86.1 Å². The average molecular weight is 250 g/mol. The zero-order valence-corrected chi connectivity index (χ0v) is 10.4. The lowest BCUT2D eigenvalue weighted by Gasteiger charge is -2.29. The minimum Gasteiger partial charge on any atom is -0.494 e. The van der Waals surface area contributed by atoms with Crippen LogP contribution in [0.5, 0.6) is 5.75 Å². The van der Waals surface area contributed by atoms with Gasteiger partial charge in [-0.3, -0.25) is 0 Å². The molecule has 98 valence electrons. The molecule has 1 fully saturated rings. The number of guanidine groups is 1. The molecule has 18 heavy (non-hydrogen) atoms. The molecule has 1 aromatic rings. The van der Waals surface area contributed by atoms with E-state index in [1.54, 1.807) is 7.11 Å². The van der Waals surface area contributed by atoms with Crippen molar-refractivity contribution in [1.82, 2.24) is 0 Å². The van der Waals surface area contributed by atoms with Crippen molar-refractivity contribution in [2.75, 3.05) is 38.3 Å². The molecule has 1 saturated heterocycles. The van der Waals surface area contributed by atoms with Gasteiger partial charge >= 0.3 is 0 Å². The van der Waals surface area contributed by atoms with Gasteiger partial charge in [0.1, 0.15) is 11.4 Å². The predicted molar refractivity (Wildman–Crippen MR) is 71.5 cm³/mol. The quantitative estimate of drug-likeness (QED) is 0.600. The summed E-state index contributed by atoms with van der Waals surface area (Å²) in [5.41, 5.74) is 12.5. The molecule has 1 aliphatic rings. The van der Waals surface area contributed by atoms with E-state index in [0.717, 1.165) is 32.0 Å². The number of aliphatic imine (C=N–C) groups is 1. The number of nitrogens with zero attached hydrogens (tertiary/aromatic N) is 2. The number of nitrogens with two attached hydrogens (primary N) is 2. The monoisotopic (exact) mass is 250 g/mol. The highest BCUT2D eigenvalue weighted by Crippen LogP contribution is 2.32. The fourth-order valence-electron chi connectivity index (χ4n) is 1.92. The molecular formula is C12H18N4O2. The first-order valence-electron chi connectivity index (χ1n) is 5.81. The molecule has 0 spiro atoms. The van der Waals surface area contributed by atoms with E-state index in [2.05, 4.69) is 9.89 Å². The molecule has 0 saturated carbocycles. The van der Waals surface area contributed by atoms with Gasteiger partial charge in [-0.05, 0) is 12.1 Å². The molecular weight excluding hydrogens is 232 g/mol. The van der Waals surface area contributed by atoms with E-state index in [1.165, 1.54) is 0 Å². The number of benzene rings is 1. The van der Waals surface area contributed by atoms with E-state index in [1.807, 2.05) is 18.2 Å². The Morgan fingerprint density at radius 1 is 1.33 bits per heavy atom. The maximum absolute atomic E-state index is 5.37. The molecule has 0 radical (unpaired) electrons. The van der Waals surface area contributed by atoms with E-state index in [0.29, 0.717) is 11.4 Å². The zero-order chi connectivity index (χ0) is 13.0. The summed E-state index contributed by atoms with van der Waals surface area (Å²) in [5.74, 6) is 0.680. The number of morpholine rings is 1. The molecule has 6 nitrogen and oxygen atoms in total. The number of methoxy groups -OCH3 is 1. The summed E-state index contributed by atoms with van der Waals surface area (Å²) in [7, 11) is 1.60. The van der Waals surface area contributed by atoms with E-state index in [4.69, 9.17) is 20.9 Å². The molecule has 1 heterocycles. The van der Waals surface area contributed by atoms with Gasteiger partial charge < -0.3 is 25.8 Å². The molecule has 0 atom stereocenters. The maximum Gasteiger partial charge on any atom is 0.191 e. The Balaban J connectivity index is 2.26.